The summed E-state index contributed by atoms with van der Waals surface area (Å²) in [4.78, 5) is 28.6. The first kappa shape index (κ1) is 18.5. The molecule has 1 aliphatic carbocycles. The Bertz CT molecular complexity index is 761. The lowest BCUT2D eigenvalue weighted by Gasteiger charge is -2.52. The van der Waals surface area contributed by atoms with Crippen molar-refractivity contribution in [3.63, 3.8) is 0 Å². The minimum absolute atomic E-state index is 0.118. The molecule has 2 heterocycles. The maximum Gasteiger partial charge on any atom is 0.349 e. The van der Waals surface area contributed by atoms with Gasteiger partial charge in [-0.1, -0.05) is 57.5 Å². The molecule has 0 N–H and O–H groups in total. The summed E-state index contributed by atoms with van der Waals surface area (Å²) in [5.74, 6) is -0.205. The van der Waals surface area contributed by atoms with Crippen LogP contribution in [0.3, 0.4) is 0 Å². The molecule has 2 bridgehead atoms. The number of benzene rings is 1. The Hall–Kier alpha value is -1.88. The third-order valence-corrected chi connectivity index (χ3v) is 6.99. The molecule has 0 radical (unpaired) electrons. The van der Waals surface area contributed by atoms with Gasteiger partial charge >= 0.3 is 5.97 Å². The number of fused-ring (bicyclic) bond motifs is 1. The van der Waals surface area contributed by atoms with Crippen LogP contribution in [0.25, 0.3) is 0 Å². The second-order valence-electron chi connectivity index (χ2n) is 8.89. The molecule has 146 valence electrons. The lowest BCUT2D eigenvalue weighted by atomic mass is 9.58. The Morgan fingerprint density at radius 2 is 1.96 bits per heavy atom. The lowest BCUT2D eigenvalue weighted by molar-refractivity contribution is -0.180. The summed E-state index contributed by atoms with van der Waals surface area (Å²) in [7, 11) is 0. The number of carbonyl (C=O) groups excluding carboxylic acids is 2. The highest BCUT2D eigenvalue weighted by Gasteiger charge is 2.82. The van der Waals surface area contributed by atoms with Crippen molar-refractivity contribution < 1.29 is 19.1 Å². The van der Waals surface area contributed by atoms with E-state index in [4.69, 9.17) is 9.47 Å². The first-order valence-corrected chi connectivity index (χ1v) is 10.0. The molecule has 5 nitrogen and oxygen atoms in total. The van der Waals surface area contributed by atoms with Crippen LogP contribution in [0.5, 0.6) is 0 Å². The average Bonchev–Trinajstić information content (AvgIpc) is 2.99. The summed E-state index contributed by atoms with van der Waals surface area (Å²) in [6.07, 6.45) is 2.81. The highest BCUT2D eigenvalue weighted by molar-refractivity contribution is 6.10. The number of amides is 1. The molecule has 0 aromatic heterocycles. The van der Waals surface area contributed by atoms with Gasteiger partial charge in [0.05, 0.1) is 6.61 Å². The van der Waals surface area contributed by atoms with Crippen LogP contribution in [0.2, 0.25) is 0 Å². The van der Waals surface area contributed by atoms with Crippen molar-refractivity contribution in [1.29, 1.82) is 0 Å². The Balaban J connectivity index is 1.82. The zero-order valence-electron chi connectivity index (χ0n) is 16.7. The summed E-state index contributed by atoms with van der Waals surface area (Å²) >= 11 is 0. The van der Waals surface area contributed by atoms with Gasteiger partial charge in [-0.05, 0) is 31.2 Å². The molecule has 1 aromatic carbocycles. The fourth-order valence-electron chi connectivity index (χ4n) is 5.73. The number of ether oxygens (including phenoxy) is 2. The van der Waals surface area contributed by atoms with Gasteiger partial charge < -0.3 is 14.4 Å². The second-order valence-corrected chi connectivity index (χ2v) is 8.89. The molecule has 4 rings (SSSR count). The van der Waals surface area contributed by atoms with E-state index >= 15 is 0 Å². The second kappa shape index (κ2) is 6.06. The van der Waals surface area contributed by atoms with E-state index in [0.717, 1.165) is 24.8 Å². The predicted octanol–water partition coefficient (Wildman–Crippen LogP) is 3.52. The van der Waals surface area contributed by atoms with Gasteiger partial charge in [-0.2, -0.15) is 0 Å². The average molecular weight is 371 g/mol. The number of carbonyl (C=O) groups is 2. The number of esters is 1. The molecule has 1 aromatic rings. The number of nitrogens with zero attached hydrogens (tertiary/aromatic N) is 1. The van der Waals surface area contributed by atoms with Crippen LogP contribution in [-0.2, 0) is 25.6 Å². The number of rotatable bonds is 4. The van der Waals surface area contributed by atoms with E-state index in [1.165, 1.54) is 0 Å². The SMILES string of the molecule is CCOC(=O)[C@@]12O[C@]3(CC(C)CCC3C1(C)C)N(Cc1ccccc1)C2=O. The summed E-state index contributed by atoms with van der Waals surface area (Å²) < 4.78 is 11.9. The van der Waals surface area contributed by atoms with Crippen LogP contribution in [0.1, 0.15) is 52.5 Å². The van der Waals surface area contributed by atoms with Crippen LogP contribution in [0, 0.1) is 17.3 Å². The van der Waals surface area contributed by atoms with Crippen LogP contribution < -0.4 is 0 Å². The van der Waals surface area contributed by atoms with E-state index in [2.05, 4.69) is 6.92 Å². The molecule has 3 aliphatic rings. The molecular formula is C22H29NO4. The Morgan fingerprint density at radius 1 is 1.26 bits per heavy atom. The summed E-state index contributed by atoms with van der Waals surface area (Å²) in [6, 6.07) is 9.93. The van der Waals surface area contributed by atoms with Crippen molar-refractivity contribution in [2.24, 2.45) is 17.3 Å². The highest BCUT2D eigenvalue weighted by atomic mass is 16.6. The molecule has 5 heteroatoms. The number of piperidine rings is 1. The first-order chi connectivity index (χ1) is 12.8. The van der Waals surface area contributed by atoms with Crippen LogP contribution in [0.15, 0.2) is 30.3 Å². The van der Waals surface area contributed by atoms with Crippen molar-refractivity contribution in [3.8, 4) is 0 Å². The zero-order valence-corrected chi connectivity index (χ0v) is 16.7. The zero-order chi connectivity index (χ0) is 19.4. The number of hydrogen-bond acceptors (Lipinski definition) is 4. The molecule has 2 aliphatic heterocycles. The molecule has 1 saturated carbocycles. The minimum Gasteiger partial charge on any atom is -0.463 e. The van der Waals surface area contributed by atoms with E-state index in [0.29, 0.717) is 12.5 Å². The maximum atomic E-state index is 13.7. The summed E-state index contributed by atoms with van der Waals surface area (Å²) in [5.41, 5.74) is -1.80. The van der Waals surface area contributed by atoms with Crippen LogP contribution in [-0.4, -0.2) is 34.7 Å². The Kier molecular flexibility index (Phi) is 4.15. The van der Waals surface area contributed by atoms with E-state index in [1.54, 1.807) is 6.92 Å². The van der Waals surface area contributed by atoms with Gasteiger partial charge in [-0.25, -0.2) is 4.79 Å². The molecule has 2 unspecified atom stereocenters. The standard InChI is InChI=1S/C22H29NO4/c1-5-26-19(25)22-18(24)23(14-16-9-7-6-8-10-16)21(27-22)13-15(2)11-12-17(21)20(22,3)4/h6-10,15,17H,5,11-14H2,1-4H3/t15?,17?,21-,22+/m0/s1. The molecular weight excluding hydrogens is 342 g/mol. The molecule has 4 atom stereocenters. The quantitative estimate of drug-likeness (QED) is 0.600. The van der Waals surface area contributed by atoms with Crippen molar-refractivity contribution in [3.05, 3.63) is 35.9 Å². The summed E-state index contributed by atoms with van der Waals surface area (Å²) in [5, 5.41) is 0. The summed E-state index contributed by atoms with van der Waals surface area (Å²) in [6.45, 7) is 8.67. The third-order valence-electron chi connectivity index (χ3n) is 6.99. The smallest absolute Gasteiger partial charge is 0.349 e. The van der Waals surface area contributed by atoms with Gasteiger partial charge in [0, 0.05) is 17.9 Å². The van der Waals surface area contributed by atoms with Gasteiger partial charge in [-0.3, -0.25) is 4.79 Å². The van der Waals surface area contributed by atoms with E-state index in [-0.39, 0.29) is 18.4 Å². The van der Waals surface area contributed by atoms with E-state index in [1.807, 2.05) is 49.1 Å². The van der Waals surface area contributed by atoms with Crippen LogP contribution in [0.4, 0.5) is 0 Å². The molecule has 3 fully saturated rings. The fraction of sp³-hybridized carbons (Fsp3) is 0.636. The normalized spacial score (nSPS) is 36.6. The third kappa shape index (κ3) is 2.27. The van der Waals surface area contributed by atoms with Gasteiger partial charge in [0.15, 0.2) is 0 Å². The number of hydrogen-bond donors (Lipinski definition) is 0. The van der Waals surface area contributed by atoms with E-state index < -0.39 is 22.7 Å². The Labute approximate surface area is 161 Å². The monoisotopic (exact) mass is 371 g/mol. The number of likely N-dealkylation sites (tertiary alicyclic amines) is 1. The fourth-order valence-corrected chi connectivity index (χ4v) is 5.73. The van der Waals surface area contributed by atoms with Gasteiger partial charge in [0.1, 0.15) is 5.72 Å². The highest BCUT2D eigenvalue weighted by Crippen LogP contribution is 2.67. The van der Waals surface area contributed by atoms with Gasteiger partial charge in [0.2, 0.25) is 0 Å². The van der Waals surface area contributed by atoms with Crippen LogP contribution >= 0.6 is 0 Å². The largest absolute Gasteiger partial charge is 0.463 e. The first-order valence-electron chi connectivity index (χ1n) is 10.0. The van der Waals surface area contributed by atoms with Gasteiger partial charge in [-0.15, -0.1) is 0 Å². The minimum atomic E-state index is -1.54. The van der Waals surface area contributed by atoms with Crippen molar-refractivity contribution >= 4 is 11.9 Å². The molecule has 1 spiro atoms. The maximum absolute atomic E-state index is 13.7. The van der Waals surface area contributed by atoms with Crippen molar-refractivity contribution in [2.45, 2.75) is 64.8 Å². The van der Waals surface area contributed by atoms with Crippen molar-refractivity contribution in [2.75, 3.05) is 6.61 Å². The topological polar surface area (TPSA) is 55.8 Å². The molecule has 1 amide bonds. The van der Waals surface area contributed by atoms with Crippen molar-refractivity contribution in [1.82, 2.24) is 4.90 Å². The lowest BCUT2D eigenvalue weighted by Crippen LogP contribution is -2.66. The molecule has 27 heavy (non-hydrogen) atoms. The molecule has 2 saturated heterocycles. The van der Waals surface area contributed by atoms with E-state index in [9.17, 15) is 9.59 Å². The van der Waals surface area contributed by atoms with Gasteiger partial charge in [0.25, 0.3) is 11.5 Å². The predicted molar refractivity (Wildman–Crippen MR) is 100 cm³/mol. The Morgan fingerprint density at radius 3 is 2.63 bits per heavy atom.